The van der Waals surface area contributed by atoms with E-state index < -0.39 is 46.9 Å². The SMILES string of the molecule is CCN1CCC2(CC1)N=c1c(c3c4c5c(C)c(O)c3c(O)c1=NC(=O)/C(C)=C\C=C\C(C)C[C@@H](C)C(OC(C)(C)O)[C@@H](C)C(O)[C@H](C)C/C=C/OC(C)(O5)C4=O)N2. The lowest BCUT2D eigenvalue weighted by Gasteiger charge is -2.38. The molecule has 1 amide bonds. The zero-order chi connectivity index (χ0) is 41.8. The highest BCUT2D eigenvalue weighted by Gasteiger charge is 2.50. The van der Waals surface area contributed by atoms with Crippen molar-refractivity contribution in [3.63, 3.8) is 0 Å². The zero-order valence-electron chi connectivity index (χ0n) is 35.0. The van der Waals surface area contributed by atoms with Crippen LogP contribution in [0, 0.1) is 30.6 Å². The number of aliphatic hydroxyl groups excluding tert-OH is 1. The fourth-order valence-electron chi connectivity index (χ4n) is 8.79. The quantitative estimate of drug-likeness (QED) is 0.190. The first kappa shape index (κ1) is 42.3. The number of Topliss-reactive ketones (excluding diaryl/α,β-unsaturated/α-hetero) is 1. The molecule has 5 aliphatic heterocycles. The summed E-state index contributed by atoms with van der Waals surface area (Å²) in [5.41, 5.74) is 0.213. The number of hydrogen-bond donors (Lipinski definition) is 5. The minimum atomic E-state index is -1.83. The molecule has 0 aromatic heterocycles. The van der Waals surface area contributed by atoms with Crippen LogP contribution in [0.25, 0.3) is 10.8 Å². The van der Waals surface area contributed by atoms with Crippen molar-refractivity contribution in [2.75, 3.05) is 25.0 Å². The number of allylic oxidation sites excluding steroid dienone is 4. The smallest absolute Gasteiger partial charge is 0.312 e. The van der Waals surface area contributed by atoms with E-state index in [-0.39, 0.29) is 67.8 Å². The lowest BCUT2D eigenvalue weighted by atomic mass is 9.80. The molecule has 7 rings (SSSR count). The summed E-state index contributed by atoms with van der Waals surface area (Å²) in [4.78, 5) is 40.2. The number of phenols is 2. The normalized spacial score (nSPS) is 31.8. The molecule has 13 nitrogen and oxygen atoms in total. The third kappa shape index (κ3) is 8.08. The number of likely N-dealkylation sites (tertiary alicyclic amines) is 1. The molecular formula is C44H60N4O9. The summed E-state index contributed by atoms with van der Waals surface area (Å²) >= 11 is 0. The van der Waals surface area contributed by atoms with Crippen molar-refractivity contribution >= 4 is 28.2 Å². The standard InChI is InChI=1S/C44H60N4O9/c1-11-48-19-17-44(18-20-48)46-32-29-30-36(50)28(7)39-31(29)40(52)43(10,57-39)55-21-13-16-24(3)35(49)27(6)38(56-42(8,9)54)26(5)22-23(2)14-12-15-25(4)41(53)45-34(37(30)51)33(32)47-44/h12-15,21,23-24,26-27,35,38,46,49-51,54H,11,16-20,22H2,1-10H3/b14-12+,21-13+,25-15-,45-34?/t23?,24-,26-,27+,35?,38?,43?/m1/s1. The van der Waals surface area contributed by atoms with Gasteiger partial charge in [0.25, 0.3) is 11.7 Å². The Labute approximate surface area is 334 Å². The van der Waals surface area contributed by atoms with Crippen LogP contribution in [0.4, 0.5) is 5.69 Å². The number of nitrogens with one attached hydrogen (secondary N) is 1. The van der Waals surface area contributed by atoms with Gasteiger partial charge in [-0.15, -0.1) is 0 Å². The maximum atomic E-state index is 14.5. The van der Waals surface area contributed by atoms with Gasteiger partial charge in [-0.2, -0.15) is 0 Å². The fraction of sp³-hybridized carbons (Fsp3) is 0.591. The maximum absolute atomic E-state index is 14.5. The van der Waals surface area contributed by atoms with Gasteiger partial charge in [0.15, 0.2) is 11.5 Å². The van der Waals surface area contributed by atoms with Gasteiger partial charge in [0.2, 0.25) is 0 Å². The summed E-state index contributed by atoms with van der Waals surface area (Å²) in [6, 6.07) is 0. The van der Waals surface area contributed by atoms with Crippen molar-refractivity contribution in [3.05, 3.63) is 58.0 Å². The molecule has 5 N–H and O–H groups in total. The summed E-state index contributed by atoms with van der Waals surface area (Å²) in [6.07, 6.45) is 9.58. The number of anilines is 1. The Kier molecular flexibility index (Phi) is 11.7. The molecule has 1 spiro atoms. The number of amides is 1. The molecule has 1 saturated heterocycles. The number of hydrogen-bond acceptors (Lipinski definition) is 12. The van der Waals surface area contributed by atoms with Crippen molar-refractivity contribution in [1.29, 1.82) is 0 Å². The predicted octanol–water partition coefficient (Wildman–Crippen LogP) is 5.70. The molecule has 2 aromatic rings. The second kappa shape index (κ2) is 15.8. The second-order valence-electron chi connectivity index (χ2n) is 17.4. The number of benzene rings is 2. The van der Waals surface area contributed by atoms with E-state index in [1.807, 2.05) is 26.8 Å². The number of ketones is 1. The molecule has 0 saturated carbocycles. The van der Waals surface area contributed by atoms with E-state index in [1.165, 1.54) is 13.2 Å². The van der Waals surface area contributed by atoms with Gasteiger partial charge in [-0.3, -0.25) is 14.6 Å². The van der Waals surface area contributed by atoms with Crippen molar-refractivity contribution in [1.82, 2.24) is 4.90 Å². The van der Waals surface area contributed by atoms with Crippen LogP contribution in [0.15, 0.2) is 46.1 Å². The average molecular weight is 789 g/mol. The van der Waals surface area contributed by atoms with Crippen molar-refractivity contribution < 1.29 is 44.2 Å². The Bertz CT molecular complexity index is 2150. The van der Waals surface area contributed by atoms with E-state index in [9.17, 15) is 30.0 Å². The van der Waals surface area contributed by atoms with Crippen LogP contribution in [-0.4, -0.2) is 86.1 Å². The molecule has 57 heavy (non-hydrogen) atoms. The van der Waals surface area contributed by atoms with Crippen molar-refractivity contribution in [2.45, 2.75) is 124 Å². The Morgan fingerprint density at radius 3 is 2.37 bits per heavy atom. The molecule has 0 aliphatic carbocycles. The van der Waals surface area contributed by atoms with Gasteiger partial charge < -0.3 is 44.9 Å². The van der Waals surface area contributed by atoms with E-state index in [1.54, 1.807) is 45.9 Å². The average Bonchev–Trinajstić information content (AvgIpc) is 3.65. The Hall–Kier alpha value is -4.30. The third-order valence-corrected chi connectivity index (χ3v) is 12.2. The van der Waals surface area contributed by atoms with Crippen LogP contribution in [0.5, 0.6) is 17.2 Å². The largest absolute Gasteiger partial charge is 0.507 e. The number of phenolic OH excluding ortho intramolecular Hbond substituents is 2. The molecule has 4 unspecified atom stereocenters. The number of nitrogens with zero attached hydrogens (tertiary/aromatic N) is 3. The molecule has 310 valence electrons. The molecule has 2 aromatic carbocycles. The van der Waals surface area contributed by atoms with Crippen molar-refractivity contribution in [2.24, 2.45) is 33.7 Å². The summed E-state index contributed by atoms with van der Waals surface area (Å²) in [5.74, 6) is -5.71. The summed E-state index contributed by atoms with van der Waals surface area (Å²) < 4.78 is 18.5. The summed E-state index contributed by atoms with van der Waals surface area (Å²) in [7, 11) is 0. The molecule has 0 radical (unpaired) electrons. The lowest BCUT2D eigenvalue weighted by Crippen LogP contribution is -2.46. The molecule has 1 fully saturated rings. The lowest BCUT2D eigenvalue weighted by molar-refractivity contribution is -0.235. The number of carbonyl (C=O) groups excluding carboxylic acids is 2. The highest BCUT2D eigenvalue weighted by Crippen LogP contribution is 2.51. The number of aromatic hydroxyl groups is 2. The Morgan fingerprint density at radius 2 is 1.72 bits per heavy atom. The van der Waals surface area contributed by atoms with Crippen LogP contribution in [-0.2, 0) is 14.3 Å². The highest BCUT2D eigenvalue weighted by atomic mass is 16.7. The number of piperidine rings is 1. The first-order valence-electron chi connectivity index (χ1n) is 20.3. The van der Waals surface area contributed by atoms with Crippen LogP contribution in [0.1, 0.15) is 104 Å². The molecular weight excluding hydrogens is 729 g/mol. The second-order valence-corrected chi connectivity index (χ2v) is 17.4. The minimum Gasteiger partial charge on any atom is -0.507 e. The number of ether oxygens (including phenoxy) is 3. The van der Waals surface area contributed by atoms with Crippen LogP contribution in [0.2, 0.25) is 0 Å². The van der Waals surface area contributed by atoms with Gasteiger partial charge >= 0.3 is 5.79 Å². The molecule has 7 atom stereocenters. The molecule has 5 bridgehead atoms. The molecule has 5 aliphatic rings. The monoisotopic (exact) mass is 788 g/mol. The fourth-order valence-corrected chi connectivity index (χ4v) is 8.79. The van der Waals surface area contributed by atoms with Crippen LogP contribution < -0.4 is 20.8 Å². The molecule has 5 heterocycles. The minimum absolute atomic E-state index is 0.0400. The topological polar surface area (TPSA) is 183 Å². The third-order valence-electron chi connectivity index (χ3n) is 12.2. The summed E-state index contributed by atoms with van der Waals surface area (Å²) in [6.45, 7) is 20.3. The number of carbonyl (C=O) groups is 2. The van der Waals surface area contributed by atoms with Gasteiger partial charge in [-0.25, -0.2) is 4.99 Å². The van der Waals surface area contributed by atoms with Crippen LogP contribution in [0.3, 0.4) is 0 Å². The number of aliphatic hydroxyl groups is 2. The first-order chi connectivity index (χ1) is 26.7. The van der Waals surface area contributed by atoms with E-state index >= 15 is 0 Å². The van der Waals surface area contributed by atoms with Crippen LogP contribution >= 0.6 is 0 Å². The number of rotatable bonds is 3. The van der Waals surface area contributed by atoms with Crippen molar-refractivity contribution in [3.8, 4) is 17.2 Å². The zero-order valence-corrected chi connectivity index (χ0v) is 35.0. The van der Waals surface area contributed by atoms with E-state index in [2.05, 4.69) is 29.1 Å². The molecule has 13 heteroatoms. The van der Waals surface area contributed by atoms with Gasteiger partial charge in [-0.1, -0.05) is 52.8 Å². The van der Waals surface area contributed by atoms with Gasteiger partial charge in [-0.05, 0) is 70.9 Å². The van der Waals surface area contributed by atoms with Gasteiger partial charge in [0.1, 0.15) is 27.9 Å². The Balaban J connectivity index is 1.52. The predicted molar refractivity (Wildman–Crippen MR) is 217 cm³/mol. The maximum Gasteiger partial charge on any atom is 0.312 e. The summed E-state index contributed by atoms with van der Waals surface area (Å²) in [5, 5.41) is 49.9. The first-order valence-corrected chi connectivity index (χ1v) is 20.3. The van der Waals surface area contributed by atoms with E-state index in [4.69, 9.17) is 19.2 Å². The van der Waals surface area contributed by atoms with Gasteiger partial charge in [0.05, 0.1) is 35.1 Å². The Morgan fingerprint density at radius 1 is 1.04 bits per heavy atom. The number of fused-ring (bicyclic) bond motifs is 13. The highest BCUT2D eigenvalue weighted by molar-refractivity contribution is 6.21. The van der Waals surface area contributed by atoms with E-state index in [0.717, 1.165) is 19.6 Å². The van der Waals surface area contributed by atoms with Gasteiger partial charge in [0, 0.05) is 55.3 Å². The van der Waals surface area contributed by atoms with E-state index in [0.29, 0.717) is 36.9 Å².